The average Bonchev–Trinajstić information content (AvgIpc) is 3.10. The lowest BCUT2D eigenvalue weighted by Gasteiger charge is -2.34. The lowest BCUT2D eigenvalue weighted by molar-refractivity contribution is -0.142. The van der Waals surface area contributed by atoms with Gasteiger partial charge in [-0.05, 0) is 69.3 Å². The van der Waals surface area contributed by atoms with Crippen LogP contribution in [0.25, 0.3) is 0 Å². The van der Waals surface area contributed by atoms with Gasteiger partial charge in [-0.3, -0.25) is 29.0 Å². The van der Waals surface area contributed by atoms with Crippen molar-refractivity contribution in [2.24, 2.45) is 5.41 Å². The zero-order chi connectivity index (χ0) is 31.4. The number of para-hydroxylation sites is 5. The highest BCUT2D eigenvalue weighted by molar-refractivity contribution is 6.25. The number of benzene rings is 4. The van der Waals surface area contributed by atoms with Crippen LogP contribution in [0, 0.1) is 5.41 Å². The van der Waals surface area contributed by atoms with E-state index in [0.717, 1.165) is 0 Å². The zero-order valence-corrected chi connectivity index (χ0v) is 25.4. The van der Waals surface area contributed by atoms with Crippen LogP contribution in [-0.2, 0) is 19.2 Å². The van der Waals surface area contributed by atoms with E-state index >= 15 is 0 Å². The Morgan fingerprint density at radius 2 is 1.18 bits per heavy atom. The Balaban J connectivity index is 1.62. The molecule has 4 aromatic rings. The molecule has 0 aromatic heterocycles. The predicted molar refractivity (Wildman–Crippen MR) is 174 cm³/mol. The first kappa shape index (κ1) is 30.2. The number of carbonyl (C=O) groups is 4. The van der Waals surface area contributed by atoms with Crippen LogP contribution in [0.5, 0.6) is 0 Å². The maximum Gasteiger partial charge on any atom is 0.247 e. The summed E-state index contributed by atoms with van der Waals surface area (Å²) < 4.78 is 0. The summed E-state index contributed by atoms with van der Waals surface area (Å²) in [5, 5.41) is 0. The van der Waals surface area contributed by atoms with Gasteiger partial charge >= 0.3 is 0 Å². The molecule has 8 heteroatoms. The minimum atomic E-state index is -1.83. The van der Waals surface area contributed by atoms with Gasteiger partial charge in [-0.2, -0.15) is 0 Å². The Morgan fingerprint density at radius 1 is 0.682 bits per heavy atom. The smallest absolute Gasteiger partial charge is 0.247 e. The molecule has 0 radical (unpaired) electrons. The molecule has 224 valence electrons. The van der Waals surface area contributed by atoms with Crippen LogP contribution in [0.3, 0.4) is 0 Å². The number of carbonyl (C=O) groups excluding carboxylic acids is 4. The highest BCUT2D eigenvalue weighted by atomic mass is 16.2. The third-order valence-corrected chi connectivity index (χ3v) is 7.96. The van der Waals surface area contributed by atoms with E-state index in [9.17, 15) is 19.2 Å². The fourth-order valence-electron chi connectivity index (χ4n) is 5.62. The SMILES string of the molecule is CC(C)N(C(=O)CN1C(=O)C(C)(CC(=O)N(C)c2ccccc2)C(=O)N(c2ccccc2)c2ccccc21)c1ccccc1. The topological polar surface area (TPSA) is 81.2 Å². The van der Waals surface area contributed by atoms with Gasteiger partial charge in [0.05, 0.1) is 17.8 Å². The van der Waals surface area contributed by atoms with Gasteiger partial charge in [0.25, 0.3) is 0 Å². The minimum Gasteiger partial charge on any atom is -0.315 e. The summed E-state index contributed by atoms with van der Waals surface area (Å²) in [6.07, 6.45) is -0.398. The second-order valence-corrected chi connectivity index (χ2v) is 11.3. The molecule has 1 atom stereocenters. The Bertz CT molecular complexity index is 1660. The molecule has 0 aliphatic carbocycles. The molecule has 1 unspecified atom stereocenters. The van der Waals surface area contributed by atoms with Crippen LogP contribution in [-0.4, -0.2) is 43.3 Å². The molecule has 44 heavy (non-hydrogen) atoms. The van der Waals surface area contributed by atoms with Gasteiger partial charge in [0.15, 0.2) is 0 Å². The number of fused-ring (bicyclic) bond motifs is 1. The highest BCUT2D eigenvalue weighted by Crippen LogP contribution is 2.44. The molecule has 5 rings (SSSR count). The fraction of sp³-hybridized carbons (Fsp3) is 0.222. The monoisotopic (exact) mass is 588 g/mol. The van der Waals surface area contributed by atoms with E-state index in [2.05, 4.69) is 0 Å². The second-order valence-electron chi connectivity index (χ2n) is 11.3. The van der Waals surface area contributed by atoms with Crippen molar-refractivity contribution in [2.45, 2.75) is 33.2 Å². The maximum atomic E-state index is 14.7. The Hall–Kier alpha value is -5.24. The van der Waals surface area contributed by atoms with Crippen molar-refractivity contribution in [2.75, 3.05) is 33.2 Å². The van der Waals surface area contributed by atoms with Crippen molar-refractivity contribution >= 4 is 52.1 Å². The summed E-state index contributed by atoms with van der Waals surface area (Å²) in [4.78, 5) is 63.1. The molecular formula is C36H36N4O4. The molecule has 0 fully saturated rings. The van der Waals surface area contributed by atoms with Gasteiger partial charge in [-0.25, -0.2) is 0 Å². The van der Waals surface area contributed by atoms with Crippen molar-refractivity contribution in [3.8, 4) is 0 Å². The quantitative estimate of drug-likeness (QED) is 0.230. The van der Waals surface area contributed by atoms with Gasteiger partial charge in [0.1, 0.15) is 12.0 Å². The van der Waals surface area contributed by atoms with Crippen LogP contribution < -0.4 is 19.6 Å². The molecule has 1 heterocycles. The van der Waals surface area contributed by atoms with E-state index in [1.165, 1.54) is 21.6 Å². The van der Waals surface area contributed by atoms with E-state index in [4.69, 9.17) is 0 Å². The molecule has 0 saturated carbocycles. The molecular weight excluding hydrogens is 552 g/mol. The Morgan fingerprint density at radius 3 is 1.75 bits per heavy atom. The molecule has 8 nitrogen and oxygen atoms in total. The number of hydrogen-bond donors (Lipinski definition) is 0. The molecule has 4 aromatic carbocycles. The number of anilines is 5. The predicted octanol–water partition coefficient (Wildman–Crippen LogP) is 6.20. The first-order chi connectivity index (χ1) is 21.1. The van der Waals surface area contributed by atoms with Gasteiger partial charge in [-0.15, -0.1) is 0 Å². The molecule has 4 amide bonds. The van der Waals surface area contributed by atoms with E-state index < -0.39 is 29.6 Å². The van der Waals surface area contributed by atoms with Crippen LogP contribution in [0.1, 0.15) is 27.2 Å². The summed E-state index contributed by atoms with van der Waals surface area (Å²) in [6, 6.07) is 34.2. The summed E-state index contributed by atoms with van der Waals surface area (Å²) >= 11 is 0. The van der Waals surface area contributed by atoms with Gasteiger partial charge in [-0.1, -0.05) is 66.7 Å². The van der Waals surface area contributed by atoms with E-state index in [0.29, 0.717) is 28.4 Å². The van der Waals surface area contributed by atoms with E-state index in [-0.39, 0.29) is 18.5 Å². The van der Waals surface area contributed by atoms with Crippen LogP contribution in [0.2, 0.25) is 0 Å². The Kier molecular flexibility index (Phi) is 8.62. The van der Waals surface area contributed by atoms with Gasteiger partial charge in [0, 0.05) is 30.2 Å². The van der Waals surface area contributed by atoms with Gasteiger partial charge < -0.3 is 9.80 Å². The van der Waals surface area contributed by atoms with Crippen molar-refractivity contribution in [1.82, 2.24) is 0 Å². The van der Waals surface area contributed by atoms with E-state index in [1.54, 1.807) is 60.5 Å². The standard InChI is InChI=1S/C36H36N4O4/c1-26(2)39(28-18-10-6-11-19-28)33(42)25-38-30-22-14-15-23-31(30)40(29-20-12-7-13-21-29)35(44)36(3,34(38)43)24-32(41)37(4)27-16-8-5-9-17-27/h5-23,26H,24-25H2,1-4H3. The third kappa shape index (κ3) is 5.71. The second kappa shape index (κ2) is 12.6. The fourth-order valence-corrected chi connectivity index (χ4v) is 5.62. The van der Waals surface area contributed by atoms with Crippen molar-refractivity contribution < 1.29 is 19.2 Å². The molecule has 1 aliphatic heterocycles. The highest BCUT2D eigenvalue weighted by Gasteiger charge is 2.52. The first-order valence-electron chi connectivity index (χ1n) is 14.6. The van der Waals surface area contributed by atoms with Crippen LogP contribution in [0.15, 0.2) is 115 Å². The first-order valence-corrected chi connectivity index (χ1v) is 14.6. The van der Waals surface area contributed by atoms with Crippen LogP contribution >= 0.6 is 0 Å². The lowest BCUT2D eigenvalue weighted by Crippen LogP contribution is -2.54. The molecule has 1 aliphatic rings. The van der Waals surface area contributed by atoms with Crippen molar-refractivity contribution in [3.63, 3.8) is 0 Å². The number of rotatable bonds is 8. The number of hydrogen-bond acceptors (Lipinski definition) is 4. The summed E-state index contributed by atoms with van der Waals surface area (Å²) in [6.45, 7) is 5.00. The van der Waals surface area contributed by atoms with Crippen LogP contribution in [0.4, 0.5) is 28.4 Å². The zero-order valence-electron chi connectivity index (χ0n) is 25.4. The average molecular weight is 589 g/mol. The molecule has 0 saturated heterocycles. The Labute approximate surface area is 258 Å². The summed E-state index contributed by atoms with van der Waals surface area (Å²) in [7, 11) is 1.62. The van der Waals surface area contributed by atoms with E-state index in [1.807, 2.05) is 80.6 Å². The summed E-state index contributed by atoms with van der Waals surface area (Å²) in [5.41, 5.74) is 0.924. The molecule has 0 N–H and O–H groups in total. The molecule has 0 spiro atoms. The number of nitrogens with zero attached hydrogens (tertiary/aromatic N) is 4. The minimum absolute atomic E-state index is 0.197. The van der Waals surface area contributed by atoms with Gasteiger partial charge in [0.2, 0.25) is 23.6 Å². The normalized spacial score (nSPS) is 16.4. The molecule has 0 bridgehead atoms. The van der Waals surface area contributed by atoms with Crippen molar-refractivity contribution in [3.05, 3.63) is 115 Å². The van der Waals surface area contributed by atoms with Crippen molar-refractivity contribution in [1.29, 1.82) is 0 Å². The maximum absolute atomic E-state index is 14.7. The summed E-state index contributed by atoms with van der Waals surface area (Å²) in [5.74, 6) is -1.88. The lowest BCUT2D eigenvalue weighted by atomic mass is 9.82. The third-order valence-electron chi connectivity index (χ3n) is 7.96. The largest absolute Gasteiger partial charge is 0.315 e. The number of amides is 4.